The third kappa shape index (κ3) is 5.44. The van der Waals surface area contributed by atoms with E-state index >= 15 is 0 Å². The first-order valence-corrected chi connectivity index (χ1v) is 11.8. The summed E-state index contributed by atoms with van der Waals surface area (Å²) in [5.74, 6) is 1.49. The van der Waals surface area contributed by atoms with Crippen molar-refractivity contribution in [1.82, 2.24) is 0 Å². The first kappa shape index (κ1) is 24.5. The molecule has 4 aromatic rings. The highest BCUT2D eigenvalue weighted by molar-refractivity contribution is 5.81. The van der Waals surface area contributed by atoms with E-state index in [2.05, 4.69) is 0 Å². The predicted molar refractivity (Wildman–Crippen MR) is 144 cm³/mol. The predicted octanol–water partition coefficient (Wildman–Crippen LogP) is 7.25. The second-order valence-electron chi connectivity index (χ2n) is 8.60. The van der Waals surface area contributed by atoms with Crippen molar-refractivity contribution in [2.45, 2.75) is 13.2 Å². The summed E-state index contributed by atoms with van der Waals surface area (Å²) in [4.78, 5) is 20.4. The fraction of sp³-hybridized carbons (Fsp3) is 0.0667. The Hall–Kier alpha value is -5.24. The second-order valence-corrected chi connectivity index (χ2v) is 8.60. The number of benzene rings is 4. The highest BCUT2D eigenvalue weighted by Gasteiger charge is 2.15. The summed E-state index contributed by atoms with van der Waals surface area (Å²) >= 11 is 0. The molecule has 2 aliphatic rings. The quantitative estimate of drug-likeness (QED) is 0.213. The molecule has 8 nitrogen and oxygen atoms in total. The molecule has 0 spiro atoms. The first-order valence-electron chi connectivity index (χ1n) is 11.8. The number of fused-ring (bicyclic) bond motifs is 2. The maximum Gasteiger partial charge on any atom is 0.269 e. The van der Waals surface area contributed by atoms with Gasteiger partial charge in [0, 0.05) is 35.4 Å². The molecule has 2 heterocycles. The Bertz CT molecular complexity index is 1440. The van der Waals surface area contributed by atoms with Gasteiger partial charge in [0.05, 0.1) is 9.85 Å². The van der Waals surface area contributed by atoms with Crippen LogP contribution in [0.1, 0.15) is 33.4 Å². The fourth-order valence-electron chi connectivity index (χ4n) is 4.12. The highest BCUT2D eigenvalue weighted by Crippen LogP contribution is 2.30. The van der Waals surface area contributed by atoms with Crippen LogP contribution in [0.15, 0.2) is 97.1 Å². The molecule has 0 N–H and O–H groups in total. The molecule has 0 bridgehead atoms. The molecule has 0 atom stereocenters. The van der Waals surface area contributed by atoms with Gasteiger partial charge in [0.1, 0.15) is 24.7 Å². The second kappa shape index (κ2) is 10.8. The van der Waals surface area contributed by atoms with E-state index in [0.717, 1.165) is 44.9 Å². The standard InChI is InChI=1S/2C15H11NO3/c2*17-16(18)14-7-5-11(6-8-14)15-9-12-3-1-2-4-13(12)10-19-15/h2*1-9H,10H2. The SMILES string of the molecule is O=[N+]([O-])c1ccc(C2=Cc3ccccc3CO2)cc1.O=[N+]([O-])c1ccc(C2=Cc3ccccc3CO2)cc1. The average molecular weight is 507 g/mol. The minimum absolute atomic E-state index is 0.0839. The molecular weight excluding hydrogens is 484 g/mol. The topological polar surface area (TPSA) is 105 Å². The van der Waals surface area contributed by atoms with Gasteiger partial charge in [0.25, 0.3) is 11.4 Å². The fourth-order valence-corrected chi connectivity index (χ4v) is 4.12. The Morgan fingerprint density at radius 1 is 0.526 bits per heavy atom. The van der Waals surface area contributed by atoms with Gasteiger partial charge in [0.15, 0.2) is 0 Å². The number of hydrogen-bond donors (Lipinski definition) is 0. The van der Waals surface area contributed by atoms with E-state index < -0.39 is 9.85 Å². The molecule has 4 aromatic carbocycles. The van der Waals surface area contributed by atoms with Crippen LogP contribution < -0.4 is 0 Å². The number of hydrogen-bond acceptors (Lipinski definition) is 6. The summed E-state index contributed by atoms with van der Waals surface area (Å²) < 4.78 is 11.4. The van der Waals surface area contributed by atoms with Gasteiger partial charge in [-0.3, -0.25) is 20.2 Å². The number of ether oxygens (including phenoxy) is 2. The van der Waals surface area contributed by atoms with Crippen LogP contribution in [0.5, 0.6) is 0 Å². The molecule has 6 rings (SSSR count). The molecule has 0 aliphatic carbocycles. The lowest BCUT2D eigenvalue weighted by Gasteiger charge is -2.18. The monoisotopic (exact) mass is 506 g/mol. The van der Waals surface area contributed by atoms with Crippen molar-refractivity contribution in [3.8, 4) is 0 Å². The molecule has 0 aromatic heterocycles. The van der Waals surface area contributed by atoms with Crippen molar-refractivity contribution in [1.29, 1.82) is 0 Å². The minimum atomic E-state index is -0.408. The van der Waals surface area contributed by atoms with Gasteiger partial charge in [-0.15, -0.1) is 0 Å². The maximum atomic E-state index is 10.6. The number of nitrogens with zero attached hydrogens (tertiary/aromatic N) is 2. The molecule has 0 unspecified atom stereocenters. The summed E-state index contributed by atoms with van der Waals surface area (Å²) in [6.45, 7) is 1.05. The number of nitro benzene ring substituents is 2. The zero-order chi connectivity index (χ0) is 26.5. The normalized spacial score (nSPS) is 13.2. The number of non-ortho nitro benzene ring substituents is 2. The van der Waals surface area contributed by atoms with Crippen LogP contribution >= 0.6 is 0 Å². The van der Waals surface area contributed by atoms with E-state index in [-0.39, 0.29) is 11.4 Å². The van der Waals surface area contributed by atoms with Crippen LogP contribution in [0, 0.1) is 20.2 Å². The summed E-state index contributed by atoms with van der Waals surface area (Å²) in [5.41, 5.74) is 6.41. The van der Waals surface area contributed by atoms with Gasteiger partial charge in [0.2, 0.25) is 0 Å². The van der Waals surface area contributed by atoms with Crippen LogP contribution in [0.2, 0.25) is 0 Å². The van der Waals surface area contributed by atoms with Crippen molar-refractivity contribution < 1.29 is 19.3 Å². The van der Waals surface area contributed by atoms with Crippen molar-refractivity contribution in [3.05, 3.63) is 151 Å². The van der Waals surface area contributed by atoms with E-state index in [9.17, 15) is 20.2 Å². The molecule has 0 fully saturated rings. The molecular formula is C30H22N2O6. The third-order valence-electron chi connectivity index (χ3n) is 6.18. The van der Waals surface area contributed by atoms with Crippen LogP contribution in [0.3, 0.4) is 0 Å². The van der Waals surface area contributed by atoms with E-state index in [0.29, 0.717) is 13.2 Å². The van der Waals surface area contributed by atoms with Gasteiger partial charge in [-0.25, -0.2) is 0 Å². The molecule has 8 heteroatoms. The van der Waals surface area contributed by atoms with Crippen molar-refractivity contribution in [2.75, 3.05) is 0 Å². The van der Waals surface area contributed by atoms with Crippen LogP contribution in [0.25, 0.3) is 23.7 Å². The zero-order valence-electron chi connectivity index (χ0n) is 20.2. The van der Waals surface area contributed by atoms with E-state index in [1.165, 1.54) is 24.3 Å². The molecule has 38 heavy (non-hydrogen) atoms. The largest absolute Gasteiger partial charge is 0.488 e. The number of nitro groups is 2. The Morgan fingerprint density at radius 2 is 0.895 bits per heavy atom. The first-order chi connectivity index (χ1) is 18.5. The van der Waals surface area contributed by atoms with Crippen LogP contribution in [-0.2, 0) is 22.7 Å². The van der Waals surface area contributed by atoms with Gasteiger partial charge in [-0.1, -0.05) is 48.5 Å². The van der Waals surface area contributed by atoms with E-state index in [1.807, 2.05) is 60.7 Å². The van der Waals surface area contributed by atoms with Gasteiger partial charge >= 0.3 is 0 Å². The molecule has 188 valence electrons. The summed E-state index contributed by atoms with van der Waals surface area (Å²) in [7, 11) is 0. The van der Waals surface area contributed by atoms with Gasteiger partial charge in [-0.2, -0.15) is 0 Å². The third-order valence-corrected chi connectivity index (χ3v) is 6.18. The molecule has 2 aliphatic heterocycles. The Kier molecular flexibility index (Phi) is 6.95. The van der Waals surface area contributed by atoms with Gasteiger partial charge in [-0.05, 0) is 58.7 Å². The Labute approximate surface area is 218 Å². The lowest BCUT2D eigenvalue weighted by Crippen LogP contribution is -2.01. The van der Waals surface area contributed by atoms with Crippen LogP contribution in [0.4, 0.5) is 11.4 Å². The molecule has 0 saturated carbocycles. The summed E-state index contributed by atoms with van der Waals surface area (Å²) in [6.07, 6.45) is 3.92. The van der Waals surface area contributed by atoms with Gasteiger partial charge < -0.3 is 9.47 Å². The Balaban J connectivity index is 0.000000155. The number of rotatable bonds is 4. The molecule has 0 saturated heterocycles. The summed E-state index contributed by atoms with van der Waals surface area (Å²) in [5, 5.41) is 21.2. The van der Waals surface area contributed by atoms with Crippen molar-refractivity contribution >= 4 is 35.0 Å². The summed E-state index contributed by atoms with van der Waals surface area (Å²) in [6, 6.07) is 28.8. The molecule has 0 amide bonds. The Morgan fingerprint density at radius 3 is 1.26 bits per heavy atom. The molecule has 0 radical (unpaired) electrons. The lowest BCUT2D eigenvalue weighted by molar-refractivity contribution is -0.385. The highest BCUT2D eigenvalue weighted by atomic mass is 16.6. The smallest absolute Gasteiger partial charge is 0.269 e. The maximum absolute atomic E-state index is 10.6. The van der Waals surface area contributed by atoms with Crippen molar-refractivity contribution in [3.63, 3.8) is 0 Å². The lowest BCUT2D eigenvalue weighted by atomic mass is 10.0. The zero-order valence-corrected chi connectivity index (χ0v) is 20.2. The van der Waals surface area contributed by atoms with Crippen molar-refractivity contribution in [2.24, 2.45) is 0 Å². The van der Waals surface area contributed by atoms with E-state index in [1.54, 1.807) is 24.3 Å². The van der Waals surface area contributed by atoms with E-state index in [4.69, 9.17) is 9.47 Å². The van der Waals surface area contributed by atoms with Crippen LogP contribution in [-0.4, -0.2) is 9.85 Å². The minimum Gasteiger partial charge on any atom is -0.488 e. The average Bonchev–Trinajstić information content (AvgIpc) is 2.97.